The molecule has 3 aromatic carbocycles. The molecule has 1 atom stereocenters. The van der Waals surface area contributed by atoms with Gasteiger partial charge in [0.25, 0.3) is 5.91 Å². The SMILES string of the molecule is O=C(NCCC(O)(c1ccccc1)c1cccc(Cl)c1)c1ccccc1. The van der Waals surface area contributed by atoms with E-state index >= 15 is 0 Å². The van der Waals surface area contributed by atoms with E-state index in [9.17, 15) is 9.90 Å². The average molecular weight is 366 g/mol. The molecule has 0 radical (unpaired) electrons. The van der Waals surface area contributed by atoms with Crippen molar-refractivity contribution in [2.45, 2.75) is 12.0 Å². The number of amides is 1. The third-order valence-corrected chi connectivity index (χ3v) is 4.60. The van der Waals surface area contributed by atoms with Crippen molar-refractivity contribution in [2.24, 2.45) is 0 Å². The first-order valence-corrected chi connectivity index (χ1v) is 8.84. The van der Waals surface area contributed by atoms with Crippen LogP contribution in [0.1, 0.15) is 27.9 Å². The highest BCUT2D eigenvalue weighted by Gasteiger charge is 2.31. The molecule has 26 heavy (non-hydrogen) atoms. The summed E-state index contributed by atoms with van der Waals surface area (Å²) in [5.41, 5.74) is 0.816. The standard InChI is InChI=1S/C22H20ClNO2/c23-20-13-7-12-19(16-20)22(26,18-10-5-2-6-11-18)14-15-24-21(25)17-8-3-1-4-9-17/h1-13,16,26H,14-15H2,(H,24,25). The van der Waals surface area contributed by atoms with E-state index in [2.05, 4.69) is 5.32 Å². The second kappa shape index (κ2) is 8.17. The Bertz CT molecular complexity index is 868. The van der Waals surface area contributed by atoms with Crippen LogP contribution in [-0.2, 0) is 5.60 Å². The van der Waals surface area contributed by atoms with Crippen molar-refractivity contribution in [3.8, 4) is 0 Å². The molecule has 0 saturated heterocycles. The van der Waals surface area contributed by atoms with Crippen LogP contribution in [0.5, 0.6) is 0 Å². The van der Waals surface area contributed by atoms with E-state index in [1.165, 1.54) is 0 Å². The Morgan fingerprint density at radius 1 is 0.885 bits per heavy atom. The zero-order valence-corrected chi connectivity index (χ0v) is 15.0. The number of rotatable bonds is 6. The molecule has 3 nitrogen and oxygen atoms in total. The van der Waals surface area contributed by atoms with Crippen LogP contribution in [0.3, 0.4) is 0 Å². The van der Waals surface area contributed by atoms with Crippen molar-refractivity contribution in [1.82, 2.24) is 5.32 Å². The van der Waals surface area contributed by atoms with Gasteiger partial charge in [-0.1, -0.05) is 72.3 Å². The molecule has 4 heteroatoms. The van der Waals surface area contributed by atoms with Crippen LogP contribution in [0, 0.1) is 0 Å². The summed E-state index contributed by atoms with van der Waals surface area (Å²) in [6, 6.07) is 25.6. The lowest BCUT2D eigenvalue weighted by Gasteiger charge is -2.30. The molecular formula is C22H20ClNO2. The van der Waals surface area contributed by atoms with Crippen molar-refractivity contribution in [1.29, 1.82) is 0 Å². The van der Waals surface area contributed by atoms with Gasteiger partial charge >= 0.3 is 0 Å². The van der Waals surface area contributed by atoms with Crippen LogP contribution in [0.2, 0.25) is 5.02 Å². The summed E-state index contributed by atoms with van der Waals surface area (Å²) >= 11 is 6.12. The Morgan fingerprint density at radius 3 is 2.15 bits per heavy atom. The van der Waals surface area contributed by atoms with E-state index < -0.39 is 5.60 Å². The molecule has 0 aromatic heterocycles. The number of nitrogens with one attached hydrogen (secondary N) is 1. The molecule has 0 bridgehead atoms. The maximum absolute atomic E-state index is 12.2. The summed E-state index contributed by atoms with van der Waals surface area (Å²) in [4.78, 5) is 12.2. The second-order valence-corrected chi connectivity index (χ2v) is 6.55. The number of hydrogen-bond acceptors (Lipinski definition) is 2. The van der Waals surface area contributed by atoms with Crippen molar-refractivity contribution >= 4 is 17.5 Å². The number of hydrogen-bond donors (Lipinski definition) is 2. The number of carbonyl (C=O) groups excluding carboxylic acids is 1. The number of benzene rings is 3. The van der Waals surface area contributed by atoms with Crippen LogP contribution in [0.15, 0.2) is 84.9 Å². The first-order valence-electron chi connectivity index (χ1n) is 8.47. The summed E-state index contributed by atoms with van der Waals surface area (Å²) in [6.07, 6.45) is 0.329. The van der Waals surface area contributed by atoms with Gasteiger partial charge in [0.1, 0.15) is 5.60 Å². The largest absolute Gasteiger partial charge is 0.380 e. The topological polar surface area (TPSA) is 49.3 Å². The predicted octanol–water partition coefficient (Wildman–Crippen LogP) is 4.40. The summed E-state index contributed by atoms with van der Waals surface area (Å²) in [5.74, 6) is -0.160. The highest BCUT2D eigenvalue weighted by atomic mass is 35.5. The summed E-state index contributed by atoms with van der Waals surface area (Å²) in [6.45, 7) is 0.325. The van der Waals surface area contributed by atoms with Gasteiger partial charge in [-0.05, 0) is 35.4 Å². The molecule has 3 rings (SSSR count). The van der Waals surface area contributed by atoms with Gasteiger partial charge in [0.2, 0.25) is 0 Å². The molecule has 0 aliphatic rings. The Kier molecular flexibility index (Phi) is 5.71. The quantitative estimate of drug-likeness (QED) is 0.680. The van der Waals surface area contributed by atoms with E-state index in [1.54, 1.807) is 24.3 Å². The first-order chi connectivity index (χ1) is 12.6. The zero-order valence-electron chi connectivity index (χ0n) is 14.2. The molecule has 3 aromatic rings. The minimum absolute atomic E-state index is 0.160. The summed E-state index contributed by atoms with van der Waals surface area (Å²) in [5, 5.41) is 14.9. The molecule has 0 fully saturated rings. The zero-order chi connectivity index (χ0) is 18.4. The molecule has 2 N–H and O–H groups in total. The fraction of sp³-hybridized carbons (Fsp3) is 0.136. The fourth-order valence-electron chi connectivity index (χ4n) is 2.96. The third-order valence-electron chi connectivity index (χ3n) is 4.36. The van der Waals surface area contributed by atoms with Crippen LogP contribution in [0.4, 0.5) is 0 Å². The third kappa shape index (κ3) is 4.13. The first kappa shape index (κ1) is 18.2. The molecule has 0 heterocycles. The molecule has 1 unspecified atom stereocenters. The van der Waals surface area contributed by atoms with Crippen molar-refractivity contribution in [3.05, 3.63) is 107 Å². The van der Waals surface area contributed by atoms with Gasteiger partial charge in [-0.3, -0.25) is 4.79 Å². The fourth-order valence-corrected chi connectivity index (χ4v) is 3.15. The molecule has 0 spiro atoms. The Hall–Kier alpha value is -2.62. The Labute approximate surface area is 158 Å². The van der Waals surface area contributed by atoms with Gasteiger partial charge in [0, 0.05) is 23.6 Å². The van der Waals surface area contributed by atoms with E-state index in [-0.39, 0.29) is 5.91 Å². The van der Waals surface area contributed by atoms with E-state index in [0.29, 0.717) is 29.1 Å². The molecule has 0 saturated carbocycles. The smallest absolute Gasteiger partial charge is 0.251 e. The van der Waals surface area contributed by atoms with Gasteiger partial charge in [0.15, 0.2) is 0 Å². The maximum atomic E-state index is 12.2. The molecule has 0 aliphatic carbocycles. The maximum Gasteiger partial charge on any atom is 0.251 e. The van der Waals surface area contributed by atoms with E-state index in [4.69, 9.17) is 11.6 Å². The molecule has 0 aliphatic heterocycles. The van der Waals surface area contributed by atoms with Crippen LogP contribution < -0.4 is 5.32 Å². The van der Waals surface area contributed by atoms with Crippen molar-refractivity contribution in [2.75, 3.05) is 6.54 Å². The van der Waals surface area contributed by atoms with Crippen molar-refractivity contribution in [3.63, 3.8) is 0 Å². The van der Waals surface area contributed by atoms with Gasteiger partial charge in [-0.2, -0.15) is 0 Å². The normalized spacial score (nSPS) is 13.0. The minimum atomic E-state index is -1.24. The van der Waals surface area contributed by atoms with Crippen LogP contribution >= 0.6 is 11.6 Å². The van der Waals surface area contributed by atoms with Gasteiger partial charge < -0.3 is 10.4 Å². The van der Waals surface area contributed by atoms with E-state index in [1.807, 2.05) is 60.7 Å². The lowest BCUT2D eigenvalue weighted by molar-refractivity contribution is 0.0690. The Balaban J connectivity index is 1.80. The number of aliphatic hydroxyl groups is 1. The summed E-state index contributed by atoms with van der Waals surface area (Å²) < 4.78 is 0. The molecule has 132 valence electrons. The molecular weight excluding hydrogens is 346 g/mol. The van der Waals surface area contributed by atoms with Gasteiger partial charge in [0.05, 0.1) is 0 Å². The van der Waals surface area contributed by atoms with Crippen LogP contribution in [-0.4, -0.2) is 17.6 Å². The monoisotopic (exact) mass is 365 g/mol. The lowest BCUT2D eigenvalue weighted by Crippen LogP contribution is -2.34. The lowest BCUT2D eigenvalue weighted by atomic mass is 9.83. The van der Waals surface area contributed by atoms with Gasteiger partial charge in [-0.25, -0.2) is 0 Å². The average Bonchev–Trinajstić information content (AvgIpc) is 2.69. The Morgan fingerprint density at radius 2 is 1.50 bits per heavy atom. The second-order valence-electron chi connectivity index (χ2n) is 6.11. The van der Waals surface area contributed by atoms with E-state index in [0.717, 1.165) is 5.56 Å². The highest BCUT2D eigenvalue weighted by molar-refractivity contribution is 6.30. The van der Waals surface area contributed by atoms with Crippen molar-refractivity contribution < 1.29 is 9.90 Å². The van der Waals surface area contributed by atoms with Crippen LogP contribution in [0.25, 0.3) is 0 Å². The highest BCUT2D eigenvalue weighted by Crippen LogP contribution is 2.33. The summed E-state index contributed by atoms with van der Waals surface area (Å²) in [7, 11) is 0. The van der Waals surface area contributed by atoms with Gasteiger partial charge in [-0.15, -0.1) is 0 Å². The predicted molar refractivity (Wildman–Crippen MR) is 104 cm³/mol. The minimum Gasteiger partial charge on any atom is -0.380 e. The number of carbonyl (C=O) groups is 1. The molecule has 1 amide bonds. The number of halogens is 1.